The van der Waals surface area contributed by atoms with Gasteiger partial charge in [0.05, 0.1) is 0 Å². The first-order chi connectivity index (χ1) is 11.3. The minimum Gasteiger partial charge on any atom is -0.396 e. The lowest BCUT2D eigenvalue weighted by molar-refractivity contribution is 0.299. The second-order valence-corrected chi connectivity index (χ2v) is 7.41. The Hall–Kier alpha value is -2.20. The van der Waals surface area contributed by atoms with Gasteiger partial charge in [0.15, 0.2) is 5.65 Å². The number of rotatable bonds is 3. The van der Waals surface area contributed by atoms with Crippen LogP contribution >= 0.6 is 0 Å². The minimum atomic E-state index is -0.0924. The van der Waals surface area contributed by atoms with E-state index in [9.17, 15) is 0 Å². The summed E-state index contributed by atoms with van der Waals surface area (Å²) in [5.74, 6) is 1.01. The molecule has 1 aromatic carbocycles. The SMILES string of the molecule is Cc1cc(C)c2nc(C(C)(C)C)n(-c3ccc(CCO)cc3)c2n1. The molecule has 24 heavy (non-hydrogen) atoms. The van der Waals surface area contributed by atoms with Gasteiger partial charge in [0.2, 0.25) is 0 Å². The fourth-order valence-electron chi connectivity index (χ4n) is 3.05. The smallest absolute Gasteiger partial charge is 0.165 e. The van der Waals surface area contributed by atoms with Crippen LogP contribution in [0.2, 0.25) is 0 Å². The third-order valence-electron chi connectivity index (χ3n) is 4.20. The molecule has 0 saturated heterocycles. The Morgan fingerprint density at radius 2 is 1.71 bits per heavy atom. The molecular weight excluding hydrogens is 298 g/mol. The van der Waals surface area contributed by atoms with E-state index < -0.39 is 0 Å². The first kappa shape index (κ1) is 16.7. The molecule has 1 N–H and O–H groups in total. The summed E-state index contributed by atoms with van der Waals surface area (Å²) in [7, 11) is 0. The van der Waals surface area contributed by atoms with Crippen LogP contribution in [0.1, 0.15) is 43.4 Å². The maximum Gasteiger partial charge on any atom is 0.165 e. The zero-order chi connectivity index (χ0) is 17.5. The van der Waals surface area contributed by atoms with Crippen molar-refractivity contribution < 1.29 is 5.11 Å². The van der Waals surface area contributed by atoms with Gasteiger partial charge >= 0.3 is 0 Å². The van der Waals surface area contributed by atoms with Gasteiger partial charge < -0.3 is 5.11 Å². The zero-order valence-electron chi connectivity index (χ0n) is 15.1. The molecule has 0 spiro atoms. The van der Waals surface area contributed by atoms with Gasteiger partial charge in [-0.3, -0.25) is 4.57 Å². The molecule has 0 aliphatic carbocycles. The largest absolute Gasteiger partial charge is 0.396 e. The Morgan fingerprint density at radius 3 is 2.29 bits per heavy atom. The van der Waals surface area contributed by atoms with Gasteiger partial charge in [0.1, 0.15) is 11.3 Å². The summed E-state index contributed by atoms with van der Waals surface area (Å²) < 4.78 is 2.16. The van der Waals surface area contributed by atoms with Crippen molar-refractivity contribution in [3.05, 3.63) is 53.0 Å². The standard InChI is InChI=1S/C20H25N3O/c1-13-12-14(2)21-18-17(13)22-19(20(3,4)5)23(18)16-8-6-15(7-9-16)10-11-24/h6-9,12,24H,10-11H2,1-5H3. The van der Waals surface area contributed by atoms with Crippen molar-refractivity contribution in [1.29, 1.82) is 0 Å². The number of fused-ring (bicyclic) bond motifs is 1. The highest BCUT2D eigenvalue weighted by molar-refractivity contribution is 5.78. The topological polar surface area (TPSA) is 50.9 Å². The van der Waals surface area contributed by atoms with Crippen molar-refractivity contribution in [2.75, 3.05) is 6.61 Å². The Morgan fingerprint density at radius 1 is 1.04 bits per heavy atom. The number of hydrogen-bond acceptors (Lipinski definition) is 3. The van der Waals surface area contributed by atoms with Gasteiger partial charge in [-0.25, -0.2) is 9.97 Å². The van der Waals surface area contributed by atoms with Crippen molar-refractivity contribution >= 4 is 11.2 Å². The maximum absolute atomic E-state index is 9.10. The molecule has 4 heteroatoms. The van der Waals surface area contributed by atoms with Crippen LogP contribution in [0.15, 0.2) is 30.3 Å². The van der Waals surface area contributed by atoms with Crippen molar-refractivity contribution in [1.82, 2.24) is 14.5 Å². The Labute approximate surface area is 143 Å². The highest BCUT2D eigenvalue weighted by atomic mass is 16.2. The van der Waals surface area contributed by atoms with Crippen molar-refractivity contribution in [3.63, 3.8) is 0 Å². The molecular formula is C20H25N3O. The summed E-state index contributed by atoms with van der Waals surface area (Å²) in [6.07, 6.45) is 0.674. The molecule has 2 heterocycles. The lowest BCUT2D eigenvalue weighted by atomic mass is 9.95. The lowest BCUT2D eigenvalue weighted by Gasteiger charge is -2.20. The van der Waals surface area contributed by atoms with E-state index in [2.05, 4.69) is 62.6 Å². The summed E-state index contributed by atoms with van der Waals surface area (Å²) in [4.78, 5) is 9.69. The minimum absolute atomic E-state index is 0.0924. The molecule has 126 valence electrons. The Bertz CT molecular complexity index is 871. The molecule has 0 bridgehead atoms. The number of pyridine rings is 1. The molecule has 0 unspecified atom stereocenters. The average Bonchev–Trinajstić information content (AvgIpc) is 2.88. The number of benzene rings is 1. The summed E-state index contributed by atoms with van der Waals surface area (Å²) >= 11 is 0. The molecule has 0 amide bonds. The third kappa shape index (κ3) is 2.94. The molecule has 3 aromatic rings. The molecule has 0 aliphatic rings. The second kappa shape index (κ2) is 6.02. The van der Waals surface area contributed by atoms with Crippen LogP contribution in [0.5, 0.6) is 0 Å². The van der Waals surface area contributed by atoms with E-state index in [4.69, 9.17) is 15.1 Å². The van der Waals surface area contributed by atoms with Gasteiger partial charge in [0.25, 0.3) is 0 Å². The van der Waals surface area contributed by atoms with E-state index in [0.29, 0.717) is 6.42 Å². The number of aromatic nitrogens is 3. The van der Waals surface area contributed by atoms with Gasteiger partial charge in [-0.1, -0.05) is 32.9 Å². The molecule has 0 aliphatic heterocycles. The predicted octanol–water partition coefficient (Wildman–Crippen LogP) is 3.87. The molecule has 0 radical (unpaired) electrons. The highest BCUT2D eigenvalue weighted by Crippen LogP contribution is 2.30. The monoisotopic (exact) mass is 323 g/mol. The molecule has 0 saturated carbocycles. The summed E-state index contributed by atoms with van der Waals surface area (Å²) in [6.45, 7) is 10.8. The normalized spacial score (nSPS) is 12.1. The van der Waals surface area contributed by atoms with E-state index in [1.165, 1.54) is 0 Å². The summed E-state index contributed by atoms with van der Waals surface area (Å²) in [5.41, 5.74) is 6.12. The number of nitrogens with zero attached hydrogens (tertiary/aromatic N) is 3. The van der Waals surface area contributed by atoms with Crippen LogP contribution in [0.25, 0.3) is 16.9 Å². The van der Waals surface area contributed by atoms with Crippen LogP contribution in [-0.4, -0.2) is 26.2 Å². The predicted molar refractivity (Wildman–Crippen MR) is 97.8 cm³/mol. The van der Waals surface area contributed by atoms with E-state index in [1.807, 2.05) is 6.92 Å². The van der Waals surface area contributed by atoms with Crippen LogP contribution in [0.4, 0.5) is 0 Å². The molecule has 0 fully saturated rings. The number of aryl methyl sites for hydroxylation is 2. The lowest BCUT2D eigenvalue weighted by Crippen LogP contribution is -2.18. The van der Waals surface area contributed by atoms with Gasteiger partial charge in [0, 0.05) is 23.4 Å². The number of aliphatic hydroxyl groups is 1. The van der Waals surface area contributed by atoms with Crippen molar-refractivity contribution in [2.24, 2.45) is 0 Å². The zero-order valence-corrected chi connectivity index (χ0v) is 15.1. The first-order valence-electron chi connectivity index (χ1n) is 8.38. The van der Waals surface area contributed by atoms with E-state index >= 15 is 0 Å². The van der Waals surface area contributed by atoms with Gasteiger partial charge in [-0.2, -0.15) is 0 Å². The second-order valence-electron chi connectivity index (χ2n) is 7.41. The van der Waals surface area contributed by atoms with Crippen LogP contribution in [-0.2, 0) is 11.8 Å². The quantitative estimate of drug-likeness (QED) is 0.796. The molecule has 3 rings (SSSR count). The number of imidazole rings is 1. The van der Waals surface area contributed by atoms with Crippen LogP contribution in [0, 0.1) is 13.8 Å². The number of aliphatic hydroxyl groups excluding tert-OH is 1. The first-order valence-corrected chi connectivity index (χ1v) is 8.38. The highest BCUT2D eigenvalue weighted by Gasteiger charge is 2.25. The molecule has 0 atom stereocenters. The third-order valence-corrected chi connectivity index (χ3v) is 4.20. The Balaban J connectivity index is 2.28. The fraction of sp³-hybridized carbons (Fsp3) is 0.400. The number of hydrogen-bond donors (Lipinski definition) is 1. The van der Waals surface area contributed by atoms with Crippen molar-refractivity contribution in [3.8, 4) is 5.69 Å². The average molecular weight is 323 g/mol. The van der Waals surface area contributed by atoms with Crippen LogP contribution < -0.4 is 0 Å². The summed E-state index contributed by atoms with van der Waals surface area (Å²) in [6, 6.07) is 10.4. The van der Waals surface area contributed by atoms with Gasteiger partial charge in [-0.15, -0.1) is 0 Å². The Kier molecular flexibility index (Phi) is 4.18. The fourth-order valence-corrected chi connectivity index (χ4v) is 3.05. The molecule has 2 aromatic heterocycles. The van der Waals surface area contributed by atoms with Gasteiger partial charge in [-0.05, 0) is 49.6 Å². The molecule has 4 nitrogen and oxygen atoms in total. The van der Waals surface area contributed by atoms with E-state index in [0.717, 1.165) is 39.5 Å². The van der Waals surface area contributed by atoms with Crippen molar-refractivity contribution in [2.45, 2.75) is 46.5 Å². The van der Waals surface area contributed by atoms with Crippen LogP contribution in [0.3, 0.4) is 0 Å². The van der Waals surface area contributed by atoms with E-state index in [-0.39, 0.29) is 12.0 Å². The van der Waals surface area contributed by atoms with E-state index in [1.54, 1.807) is 0 Å². The summed E-state index contributed by atoms with van der Waals surface area (Å²) in [5, 5.41) is 9.10. The maximum atomic E-state index is 9.10.